The third-order valence-electron chi connectivity index (χ3n) is 5.49. The van der Waals surface area contributed by atoms with E-state index in [4.69, 9.17) is 5.21 Å². The van der Waals surface area contributed by atoms with Gasteiger partial charge in [0.05, 0.1) is 11.6 Å². The molecule has 0 heterocycles. The van der Waals surface area contributed by atoms with Crippen molar-refractivity contribution in [3.63, 3.8) is 0 Å². The van der Waals surface area contributed by atoms with Gasteiger partial charge in [-0.1, -0.05) is 74.5 Å². The zero-order valence-electron chi connectivity index (χ0n) is 20.1. The van der Waals surface area contributed by atoms with Crippen LogP contribution in [0, 0.1) is 11.8 Å². The summed E-state index contributed by atoms with van der Waals surface area (Å²) in [4.78, 5) is 38.2. The minimum Gasteiger partial charge on any atom is -0.388 e. The molecule has 0 aliphatic heterocycles. The van der Waals surface area contributed by atoms with E-state index in [1.54, 1.807) is 5.48 Å². The molecule has 0 radical (unpaired) electrons. The lowest BCUT2D eigenvalue weighted by atomic mass is 9.91. The Morgan fingerprint density at radius 3 is 1.76 bits per heavy atom. The molecular formula is C26H35N3O5. The number of hydrogen-bond acceptors (Lipinski definition) is 5. The van der Waals surface area contributed by atoms with Gasteiger partial charge in [-0.15, -0.1) is 0 Å². The zero-order chi connectivity index (χ0) is 25.3. The summed E-state index contributed by atoms with van der Waals surface area (Å²) >= 11 is 0. The number of amides is 3. The predicted molar refractivity (Wildman–Crippen MR) is 129 cm³/mol. The van der Waals surface area contributed by atoms with Crippen LogP contribution in [0.15, 0.2) is 60.7 Å². The summed E-state index contributed by atoms with van der Waals surface area (Å²) in [5, 5.41) is 25.2. The minimum atomic E-state index is -1.58. The number of carbonyl (C=O) groups excluding carboxylic acids is 3. The highest BCUT2D eigenvalue weighted by Gasteiger charge is 2.37. The van der Waals surface area contributed by atoms with E-state index < -0.39 is 41.3 Å². The molecule has 2 atom stereocenters. The largest absolute Gasteiger partial charge is 0.388 e. The first kappa shape index (κ1) is 27.0. The van der Waals surface area contributed by atoms with Crippen molar-refractivity contribution in [2.45, 2.75) is 58.2 Å². The van der Waals surface area contributed by atoms with Crippen LogP contribution in [-0.4, -0.2) is 39.7 Å². The van der Waals surface area contributed by atoms with Crippen molar-refractivity contribution in [2.75, 3.05) is 0 Å². The molecule has 0 aliphatic carbocycles. The van der Waals surface area contributed by atoms with Crippen molar-refractivity contribution >= 4 is 17.7 Å². The van der Waals surface area contributed by atoms with Crippen LogP contribution in [0.4, 0.5) is 0 Å². The van der Waals surface area contributed by atoms with Crippen LogP contribution in [0.3, 0.4) is 0 Å². The maximum absolute atomic E-state index is 13.4. The molecule has 0 bridgehead atoms. The Bertz CT molecular complexity index is 902. The molecule has 0 saturated heterocycles. The van der Waals surface area contributed by atoms with Crippen molar-refractivity contribution in [2.24, 2.45) is 11.8 Å². The zero-order valence-corrected chi connectivity index (χ0v) is 20.1. The third kappa shape index (κ3) is 7.97. The van der Waals surface area contributed by atoms with E-state index in [2.05, 4.69) is 10.6 Å². The van der Waals surface area contributed by atoms with E-state index in [0.29, 0.717) is 6.42 Å². The number of rotatable bonds is 11. The molecule has 0 unspecified atom stereocenters. The normalized spacial score (nSPS) is 13.3. The monoisotopic (exact) mass is 469 g/mol. The summed E-state index contributed by atoms with van der Waals surface area (Å²) in [5.41, 5.74) is 1.66. The van der Waals surface area contributed by atoms with Gasteiger partial charge in [-0.2, -0.15) is 0 Å². The smallest absolute Gasteiger partial charge is 0.246 e. The van der Waals surface area contributed by atoms with Crippen LogP contribution in [0.5, 0.6) is 0 Å². The Labute approximate surface area is 200 Å². The van der Waals surface area contributed by atoms with Crippen molar-refractivity contribution in [3.05, 3.63) is 71.8 Å². The number of carbonyl (C=O) groups is 3. The molecule has 2 aromatic carbocycles. The van der Waals surface area contributed by atoms with Crippen molar-refractivity contribution < 1.29 is 24.7 Å². The van der Waals surface area contributed by atoms with Crippen LogP contribution in [0.25, 0.3) is 0 Å². The van der Waals surface area contributed by atoms with E-state index in [-0.39, 0.29) is 12.3 Å². The van der Waals surface area contributed by atoms with Crippen LogP contribution < -0.4 is 16.1 Å². The Balaban J connectivity index is 2.30. The topological polar surface area (TPSA) is 128 Å². The first-order chi connectivity index (χ1) is 16.0. The number of hydroxylamine groups is 1. The van der Waals surface area contributed by atoms with Gasteiger partial charge in [-0.05, 0) is 37.3 Å². The lowest BCUT2D eigenvalue weighted by Crippen LogP contribution is -2.59. The average molecular weight is 470 g/mol. The highest BCUT2D eigenvalue weighted by molar-refractivity contribution is 5.91. The SMILES string of the molecule is CC(C)C[C@H](CC(=O)NO)C(=O)N[C@H](C(=O)NC(c1ccccc1)c1ccccc1)C(C)(C)O. The molecule has 8 heteroatoms. The fourth-order valence-corrected chi connectivity index (χ4v) is 3.82. The lowest BCUT2D eigenvalue weighted by molar-refractivity contribution is -0.139. The highest BCUT2D eigenvalue weighted by Crippen LogP contribution is 2.23. The van der Waals surface area contributed by atoms with E-state index in [0.717, 1.165) is 11.1 Å². The van der Waals surface area contributed by atoms with E-state index in [1.165, 1.54) is 13.8 Å². The molecule has 184 valence electrons. The maximum atomic E-state index is 13.4. The minimum absolute atomic E-state index is 0.0946. The summed E-state index contributed by atoms with van der Waals surface area (Å²) < 4.78 is 0. The molecule has 2 aromatic rings. The maximum Gasteiger partial charge on any atom is 0.246 e. The van der Waals surface area contributed by atoms with Gasteiger partial charge in [-0.3, -0.25) is 19.6 Å². The summed E-state index contributed by atoms with van der Waals surface area (Å²) in [7, 11) is 0. The van der Waals surface area contributed by atoms with Crippen LogP contribution in [0.2, 0.25) is 0 Å². The molecule has 0 spiro atoms. The Hall–Kier alpha value is -3.23. The first-order valence-corrected chi connectivity index (χ1v) is 11.4. The molecule has 0 saturated carbocycles. The van der Waals surface area contributed by atoms with Gasteiger partial charge in [0.15, 0.2) is 0 Å². The second-order valence-corrected chi connectivity index (χ2v) is 9.42. The second kappa shape index (κ2) is 12.3. The summed E-state index contributed by atoms with van der Waals surface area (Å²) in [6.07, 6.45) is 0.132. The Kier molecular flexibility index (Phi) is 9.77. The van der Waals surface area contributed by atoms with Crippen molar-refractivity contribution in [3.8, 4) is 0 Å². The first-order valence-electron chi connectivity index (χ1n) is 11.4. The van der Waals surface area contributed by atoms with Crippen molar-refractivity contribution in [1.82, 2.24) is 16.1 Å². The molecule has 3 amide bonds. The van der Waals surface area contributed by atoms with Crippen LogP contribution in [0.1, 0.15) is 57.7 Å². The van der Waals surface area contributed by atoms with Crippen LogP contribution in [-0.2, 0) is 14.4 Å². The molecule has 5 N–H and O–H groups in total. The van der Waals surface area contributed by atoms with E-state index in [1.807, 2.05) is 74.5 Å². The van der Waals surface area contributed by atoms with Gasteiger partial charge >= 0.3 is 0 Å². The van der Waals surface area contributed by atoms with Gasteiger partial charge < -0.3 is 15.7 Å². The molecule has 0 aromatic heterocycles. The quantitative estimate of drug-likeness (QED) is 0.255. The second-order valence-electron chi connectivity index (χ2n) is 9.42. The summed E-state index contributed by atoms with van der Waals surface area (Å²) in [6.45, 7) is 6.69. The fourth-order valence-electron chi connectivity index (χ4n) is 3.82. The lowest BCUT2D eigenvalue weighted by Gasteiger charge is -2.32. The Morgan fingerprint density at radius 2 is 1.35 bits per heavy atom. The predicted octanol–water partition coefficient (Wildman–Crippen LogP) is 2.71. The number of benzene rings is 2. The Morgan fingerprint density at radius 1 is 0.853 bits per heavy atom. The molecule has 8 nitrogen and oxygen atoms in total. The highest BCUT2D eigenvalue weighted by atomic mass is 16.5. The van der Waals surface area contributed by atoms with Gasteiger partial charge in [0.2, 0.25) is 17.7 Å². The number of aliphatic hydroxyl groups is 1. The third-order valence-corrected chi connectivity index (χ3v) is 5.49. The van der Waals surface area contributed by atoms with E-state index in [9.17, 15) is 19.5 Å². The average Bonchev–Trinajstić information content (AvgIpc) is 2.80. The van der Waals surface area contributed by atoms with Gasteiger partial charge in [0, 0.05) is 12.3 Å². The standard InChI is InChI=1S/C26H35N3O5/c1-17(2)15-20(16-21(30)29-34)24(31)28-23(26(3,4)33)25(32)27-22(18-11-7-5-8-12-18)19-13-9-6-10-14-19/h5-14,17,20,22-23,33-34H,15-16H2,1-4H3,(H,27,32)(H,28,31)(H,29,30)/t20-,23-/m1/s1. The summed E-state index contributed by atoms with van der Waals surface area (Å²) in [6, 6.07) is 17.0. The van der Waals surface area contributed by atoms with Crippen LogP contribution >= 0.6 is 0 Å². The molecule has 2 rings (SSSR count). The van der Waals surface area contributed by atoms with Gasteiger partial charge in [-0.25, -0.2) is 5.48 Å². The number of hydrogen-bond donors (Lipinski definition) is 5. The molecule has 0 fully saturated rings. The number of nitrogens with one attached hydrogen (secondary N) is 3. The van der Waals surface area contributed by atoms with Gasteiger partial charge in [0.1, 0.15) is 6.04 Å². The molecular weight excluding hydrogens is 434 g/mol. The molecule has 0 aliphatic rings. The van der Waals surface area contributed by atoms with Crippen molar-refractivity contribution in [1.29, 1.82) is 0 Å². The molecule has 34 heavy (non-hydrogen) atoms. The van der Waals surface area contributed by atoms with E-state index >= 15 is 0 Å². The fraction of sp³-hybridized carbons (Fsp3) is 0.423. The van der Waals surface area contributed by atoms with Gasteiger partial charge in [0.25, 0.3) is 0 Å². The summed E-state index contributed by atoms with van der Waals surface area (Å²) in [5.74, 6) is -2.48.